The Morgan fingerprint density at radius 2 is 1.96 bits per heavy atom. The van der Waals surface area contributed by atoms with Crippen LogP contribution in [0, 0.1) is 0 Å². The summed E-state index contributed by atoms with van der Waals surface area (Å²) in [5, 5.41) is 7.53. The first-order valence-electron chi connectivity index (χ1n) is 9.18. The van der Waals surface area contributed by atoms with Crippen molar-refractivity contribution in [1.29, 1.82) is 0 Å². The quantitative estimate of drug-likeness (QED) is 0.589. The Kier molecular flexibility index (Phi) is 7.45. The first-order chi connectivity index (χ1) is 13.3. The van der Waals surface area contributed by atoms with Gasteiger partial charge in [0.1, 0.15) is 0 Å². The molecule has 2 N–H and O–H groups in total. The largest absolute Gasteiger partial charge is 0.379 e. The van der Waals surface area contributed by atoms with Gasteiger partial charge in [0.15, 0.2) is 5.96 Å². The second-order valence-corrected chi connectivity index (χ2v) is 6.72. The van der Waals surface area contributed by atoms with E-state index >= 15 is 0 Å². The van der Waals surface area contributed by atoms with Crippen LogP contribution in [0.5, 0.6) is 0 Å². The molecule has 1 aliphatic rings. The molecule has 1 saturated heterocycles. The molecular weight excluding hydrogens is 362 g/mol. The normalized spacial score (nSPS) is 16.7. The van der Waals surface area contributed by atoms with Crippen molar-refractivity contribution in [2.45, 2.75) is 12.6 Å². The Morgan fingerprint density at radius 3 is 2.67 bits per heavy atom. The number of pyridine rings is 1. The summed E-state index contributed by atoms with van der Waals surface area (Å²) in [5.41, 5.74) is 2.09. The van der Waals surface area contributed by atoms with Crippen LogP contribution < -0.4 is 10.6 Å². The van der Waals surface area contributed by atoms with Crippen molar-refractivity contribution >= 4 is 17.6 Å². The highest BCUT2D eigenvalue weighted by Crippen LogP contribution is 2.27. The van der Waals surface area contributed by atoms with Crippen LogP contribution >= 0.6 is 11.6 Å². The van der Waals surface area contributed by atoms with E-state index in [0.717, 1.165) is 48.5 Å². The number of aromatic nitrogens is 1. The molecule has 7 heteroatoms. The van der Waals surface area contributed by atoms with Crippen LogP contribution in [0.25, 0.3) is 0 Å². The van der Waals surface area contributed by atoms with Crippen LogP contribution in [0.4, 0.5) is 0 Å². The molecule has 6 nitrogen and oxygen atoms in total. The third kappa shape index (κ3) is 5.66. The number of guanidine groups is 1. The lowest BCUT2D eigenvalue weighted by molar-refractivity contribution is 0.0170. The van der Waals surface area contributed by atoms with E-state index in [2.05, 4.69) is 31.6 Å². The van der Waals surface area contributed by atoms with Gasteiger partial charge in [0.05, 0.1) is 31.5 Å². The van der Waals surface area contributed by atoms with E-state index in [0.29, 0.717) is 13.1 Å². The van der Waals surface area contributed by atoms with Crippen molar-refractivity contribution in [3.05, 3.63) is 64.9 Å². The summed E-state index contributed by atoms with van der Waals surface area (Å²) in [6.07, 6.45) is 1.79. The highest BCUT2D eigenvalue weighted by Gasteiger charge is 2.24. The summed E-state index contributed by atoms with van der Waals surface area (Å²) in [6, 6.07) is 14.1. The van der Waals surface area contributed by atoms with Gasteiger partial charge in [0.25, 0.3) is 0 Å². The number of nitrogens with zero attached hydrogens (tertiary/aromatic N) is 3. The highest BCUT2D eigenvalue weighted by molar-refractivity contribution is 6.31. The lowest BCUT2D eigenvalue weighted by atomic mass is 10.0. The fourth-order valence-electron chi connectivity index (χ4n) is 3.16. The second-order valence-electron chi connectivity index (χ2n) is 6.31. The zero-order valence-electron chi connectivity index (χ0n) is 15.6. The Morgan fingerprint density at radius 1 is 1.19 bits per heavy atom. The van der Waals surface area contributed by atoms with Crippen molar-refractivity contribution in [1.82, 2.24) is 20.5 Å². The monoisotopic (exact) mass is 387 g/mol. The number of benzene rings is 1. The maximum atomic E-state index is 6.49. The zero-order chi connectivity index (χ0) is 18.9. The molecule has 1 aromatic carbocycles. The maximum absolute atomic E-state index is 6.49. The summed E-state index contributed by atoms with van der Waals surface area (Å²) < 4.78 is 5.51. The minimum atomic E-state index is 0.149. The minimum absolute atomic E-state index is 0.149. The number of halogens is 1. The van der Waals surface area contributed by atoms with Crippen LogP contribution in [0.2, 0.25) is 5.02 Å². The molecule has 27 heavy (non-hydrogen) atoms. The summed E-state index contributed by atoms with van der Waals surface area (Å²) in [4.78, 5) is 11.1. The minimum Gasteiger partial charge on any atom is -0.379 e. The number of aliphatic imine (C=N–C) groups is 1. The standard InChI is InChI=1S/C20H26ClN5O/c1-22-20(24-14-16-6-4-5-9-23-16)25-15-19(26-10-12-27-13-11-26)17-7-2-3-8-18(17)21/h2-9,19H,10-15H2,1H3,(H2,22,24,25). The average Bonchev–Trinajstić information content (AvgIpc) is 2.73. The molecular formula is C20H26ClN5O. The van der Waals surface area contributed by atoms with Gasteiger partial charge in [-0.2, -0.15) is 0 Å². The zero-order valence-corrected chi connectivity index (χ0v) is 16.3. The third-order valence-electron chi connectivity index (χ3n) is 4.60. The molecule has 1 unspecified atom stereocenters. The first-order valence-corrected chi connectivity index (χ1v) is 9.56. The number of hydrogen-bond acceptors (Lipinski definition) is 4. The molecule has 1 aromatic heterocycles. The lowest BCUT2D eigenvalue weighted by Gasteiger charge is -2.35. The fraction of sp³-hybridized carbons (Fsp3) is 0.400. The van der Waals surface area contributed by atoms with Gasteiger partial charge in [-0.05, 0) is 23.8 Å². The van der Waals surface area contributed by atoms with Crippen LogP contribution in [0.15, 0.2) is 53.7 Å². The van der Waals surface area contributed by atoms with Gasteiger partial charge in [-0.25, -0.2) is 0 Å². The maximum Gasteiger partial charge on any atom is 0.191 e. The predicted molar refractivity (Wildman–Crippen MR) is 109 cm³/mol. The van der Waals surface area contributed by atoms with E-state index in [-0.39, 0.29) is 6.04 Å². The van der Waals surface area contributed by atoms with Gasteiger partial charge in [0.2, 0.25) is 0 Å². The van der Waals surface area contributed by atoms with Crippen molar-refractivity contribution < 1.29 is 4.74 Å². The van der Waals surface area contributed by atoms with Gasteiger partial charge in [-0.3, -0.25) is 14.9 Å². The highest BCUT2D eigenvalue weighted by atomic mass is 35.5. The van der Waals surface area contributed by atoms with Crippen LogP contribution in [-0.2, 0) is 11.3 Å². The van der Waals surface area contributed by atoms with Crippen molar-refractivity contribution in [2.75, 3.05) is 39.9 Å². The SMILES string of the molecule is CN=C(NCc1ccccn1)NCC(c1ccccc1Cl)N1CCOCC1. The molecule has 0 aliphatic carbocycles. The summed E-state index contributed by atoms with van der Waals surface area (Å²) in [6.45, 7) is 4.58. The van der Waals surface area contributed by atoms with E-state index in [1.165, 1.54) is 0 Å². The molecule has 2 heterocycles. The van der Waals surface area contributed by atoms with Crippen LogP contribution in [0.1, 0.15) is 17.3 Å². The van der Waals surface area contributed by atoms with E-state index in [1.54, 1.807) is 13.2 Å². The molecule has 0 amide bonds. The van der Waals surface area contributed by atoms with Gasteiger partial charge >= 0.3 is 0 Å². The Hall–Kier alpha value is -2.15. The molecule has 1 atom stereocenters. The van der Waals surface area contributed by atoms with Gasteiger partial charge in [-0.15, -0.1) is 0 Å². The van der Waals surface area contributed by atoms with E-state index in [1.807, 2.05) is 36.4 Å². The third-order valence-corrected chi connectivity index (χ3v) is 4.94. The summed E-state index contributed by atoms with van der Waals surface area (Å²) >= 11 is 6.49. The van der Waals surface area contributed by atoms with Crippen molar-refractivity contribution in [3.8, 4) is 0 Å². The lowest BCUT2D eigenvalue weighted by Crippen LogP contribution is -2.46. The molecule has 1 aliphatic heterocycles. The molecule has 0 bridgehead atoms. The van der Waals surface area contributed by atoms with E-state index in [4.69, 9.17) is 16.3 Å². The summed E-state index contributed by atoms with van der Waals surface area (Å²) in [5.74, 6) is 0.742. The Labute approximate surface area is 165 Å². The first kappa shape index (κ1) is 19.6. The van der Waals surface area contributed by atoms with Gasteiger partial charge in [0, 0.05) is 37.9 Å². The van der Waals surface area contributed by atoms with Gasteiger partial charge < -0.3 is 15.4 Å². The molecule has 0 radical (unpaired) electrons. The number of nitrogens with one attached hydrogen (secondary N) is 2. The van der Waals surface area contributed by atoms with Gasteiger partial charge in [-0.1, -0.05) is 35.9 Å². The number of ether oxygens (including phenoxy) is 1. The van der Waals surface area contributed by atoms with E-state index < -0.39 is 0 Å². The summed E-state index contributed by atoms with van der Waals surface area (Å²) in [7, 11) is 1.77. The topological polar surface area (TPSA) is 61.8 Å². The smallest absolute Gasteiger partial charge is 0.191 e. The Bertz CT molecular complexity index is 734. The van der Waals surface area contributed by atoms with Crippen LogP contribution in [0.3, 0.4) is 0 Å². The van der Waals surface area contributed by atoms with Crippen molar-refractivity contribution in [2.24, 2.45) is 4.99 Å². The Balaban J connectivity index is 1.65. The number of hydrogen-bond donors (Lipinski definition) is 2. The van der Waals surface area contributed by atoms with E-state index in [9.17, 15) is 0 Å². The number of morpholine rings is 1. The average molecular weight is 388 g/mol. The predicted octanol–water partition coefficient (Wildman–Crippen LogP) is 2.47. The molecule has 0 saturated carbocycles. The molecule has 1 fully saturated rings. The second kappa shape index (κ2) is 10.3. The number of rotatable bonds is 6. The molecule has 0 spiro atoms. The molecule has 3 rings (SSSR count). The van der Waals surface area contributed by atoms with Crippen LogP contribution in [-0.4, -0.2) is 55.7 Å². The molecule has 144 valence electrons. The fourth-order valence-corrected chi connectivity index (χ4v) is 3.42. The van der Waals surface area contributed by atoms with Crippen molar-refractivity contribution in [3.63, 3.8) is 0 Å². The molecule has 2 aromatic rings.